The van der Waals surface area contributed by atoms with Gasteiger partial charge in [0.1, 0.15) is 0 Å². The summed E-state index contributed by atoms with van der Waals surface area (Å²) in [5, 5.41) is 14.7. The maximum Gasteiger partial charge on any atom is 0.0648 e. The predicted molar refractivity (Wildman–Crippen MR) is 23.4 cm³/mol. The van der Waals surface area contributed by atoms with E-state index >= 15 is 0 Å². The third kappa shape index (κ3) is 44.2. The SMILES string of the molecule is CC(C)N=N[O-].[W].[W].[W].[W].[W]. The molecule has 66 valence electrons. The van der Waals surface area contributed by atoms with E-state index in [-0.39, 0.29) is 111 Å². The van der Waals surface area contributed by atoms with Crippen molar-refractivity contribution in [2.24, 2.45) is 10.4 Å². The molecule has 0 rings (SSSR count). The number of nitrogens with zero attached hydrogens (tertiary/aromatic N) is 2. The summed E-state index contributed by atoms with van der Waals surface area (Å²) in [4.78, 5) is 0. The van der Waals surface area contributed by atoms with Gasteiger partial charge in [-0.05, 0) is 13.8 Å². The molecular weight excluding hydrogens is 999 g/mol. The van der Waals surface area contributed by atoms with Crippen LogP contribution in [0.15, 0.2) is 10.4 Å². The third-order valence-electron chi connectivity index (χ3n) is 0.278. The van der Waals surface area contributed by atoms with Crippen LogP contribution in [0.25, 0.3) is 0 Å². The van der Waals surface area contributed by atoms with Crippen LogP contribution in [0, 0.1) is 5.21 Å². The molecule has 0 heterocycles. The molecule has 3 nitrogen and oxygen atoms in total. The normalized spacial score (nSPS) is 6.09. The maximum atomic E-state index is 9.20. The van der Waals surface area contributed by atoms with Crippen molar-refractivity contribution >= 4 is 0 Å². The molecule has 0 aromatic rings. The van der Waals surface area contributed by atoms with Crippen LogP contribution in [0.4, 0.5) is 0 Å². The van der Waals surface area contributed by atoms with Gasteiger partial charge >= 0.3 is 0 Å². The summed E-state index contributed by atoms with van der Waals surface area (Å²) >= 11 is 0. The Bertz CT molecular complexity index is 61.7. The minimum atomic E-state index is 0. The molecule has 0 fully saturated rings. The molecule has 0 aromatic carbocycles. The minimum absolute atomic E-state index is 0. The Hall–Kier alpha value is 2.84. The monoisotopic (exact) mass is 1010 g/mol. The predicted octanol–water partition coefficient (Wildman–Crippen LogP) is 1.33. The molecule has 11 heavy (non-hydrogen) atoms. The Morgan fingerprint density at radius 2 is 1.18 bits per heavy atom. The topological polar surface area (TPSA) is 47.8 Å². The fraction of sp³-hybridized carbons (Fsp3) is 1.00. The summed E-state index contributed by atoms with van der Waals surface area (Å²) in [6, 6.07) is 0.0440. The molecule has 0 bridgehead atoms. The van der Waals surface area contributed by atoms with Crippen LogP contribution in [-0.4, -0.2) is 6.04 Å². The second-order valence-electron chi connectivity index (χ2n) is 1.29. The second-order valence-corrected chi connectivity index (χ2v) is 1.29. The summed E-state index contributed by atoms with van der Waals surface area (Å²) in [5.74, 6) is 0. The van der Waals surface area contributed by atoms with Crippen molar-refractivity contribution in [3.63, 3.8) is 0 Å². The Morgan fingerprint density at radius 1 is 0.909 bits per heavy atom. The van der Waals surface area contributed by atoms with Crippen LogP contribution in [0.1, 0.15) is 13.8 Å². The summed E-state index contributed by atoms with van der Waals surface area (Å²) < 4.78 is 0. The van der Waals surface area contributed by atoms with Crippen molar-refractivity contribution in [1.29, 1.82) is 0 Å². The Balaban J connectivity index is -0.0000000125. The Morgan fingerprint density at radius 3 is 1.18 bits per heavy atom. The Kier molecular flexibility index (Phi) is 98.8. The number of hydrogen-bond donors (Lipinski definition) is 0. The summed E-state index contributed by atoms with van der Waals surface area (Å²) in [7, 11) is 0. The molecule has 0 amide bonds. The standard InChI is InChI=1S/C3H8N2O.5W/c1-3(2)4-5-6;;;;;/h3H,1-2H3,(H,4,6);;;;;/p-1. The summed E-state index contributed by atoms with van der Waals surface area (Å²) in [6.45, 7) is 3.59. The molecule has 0 saturated heterocycles. The second kappa shape index (κ2) is 29.3. The van der Waals surface area contributed by atoms with Crippen LogP contribution >= 0.6 is 0 Å². The van der Waals surface area contributed by atoms with Gasteiger partial charge < -0.3 is 5.21 Å². The van der Waals surface area contributed by atoms with Gasteiger partial charge in [0.2, 0.25) is 0 Å². The number of rotatable bonds is 1. The molecule has 0 aliphatic rings. The van der Waals surface area contributed by atoms with Crippen LogP contribution < -0.4 is 0 Å². The van der Waals surface area contributed by atoms with Gasteiger partial charge in [-0.3, -0.25) is 0 Å². The van der Waals surface area contributed by atoms with Gasteiger partial charge in [-0.25, -0.2) is 5.28 Å². The molecular formula is C3H7N2OW5-. The largest absolute Gasteiger partial charge is 0.775 e. The molecule has 0 aliphatic heterocycles. The van der Waals surface area contributed by atoms with Crippen molar-refractivity contribution < 1.29 is 105 Å². The van der Waals surface area contributed by atoms with Crippen LogP contribution in [0.5, 0.6) is 0 Å². The molecule has 0 aromatic heterocycles. The van der Waals surface area contributed by atoms with Gasteiger partial charge in [-0.2, -0.15) is 5.11 Å². The van der Waals surface area contributed by atoms with Gasteiger partial charge in [0.15, 0.2) is 0 Å². The molecule has 0 unspecified atom stereocenters. The van der Waals surface area contributed by atoms with Crippen molar-refractivity contribution in [1.82, 2.24) is 0 Å². The molecule has 8 heteroatoms. The van der Waals surface area contributed by atoms with E-state index in [1.165, 1.54) is 0 Å². The van der Waals surface area contributed by atoms with E-state index in [1.54, 1.807) is 13.8 Å². The van der Waals surface area contributed by atoms with Crippen molar-refractivity contribution in [3.8, 4) is 0 Å². The van der Waals surface area contributed by atoms with Gasteiger partial charge in [-0.15, -0.1) is 0 Å². The summed E-state index contributed by atoms with van der Waals surface area (Å²) in [6.07, 6.45) is 0. The maximum absolute atomic E-state index is 9.20. The zero-order valence-electron chi connectivity index (χ0n) is 5.92. The Labute approximate surface area is 139 Å². The van der Waals surface area contributed by atoms with Crippen molar-refractivity contribution in [3.05, 3.63) is 5.21 Å². The van der Waals surface area contributed by atoms with Crippen LogP contribution in [0.3, 0.4) is 0 Å². The van der Waals surface area contributed by atoms with E-state index in [4.69, 9.17) is 0 Å². The molecule has 0 radical (unpaired) electrons. The van der Waals surface area contributed by atoms with Gasteiger partial charge in [0.05, 0.1) is 6.04 Å². The van der Waals surface area contributed by atoms with Crippen molar-refractivity contribution in [2.45, 2.75) is 19.9 Å². The molecule has 0 saturated carbocycles. The van der Waals surface area contributed by atoms with E-state index < -0.39 is 0 Å². The van der Waals surface area contributed by atoms with Crippen LogP contribution in [0.2, 0.25) is 0 Å². The average Bonchev–Trinajstić information content (AvgIpc) is 1.35. The molecule has 0 aliphatic carbocycles. The van der Waals surface area contributed by atoms with E-state index in [1.807, 2.05) is 0 Å². The van der Waals surface area contributed by atoms with Gasteiger partial charge in [0, 0.05) is 105 Å². The molecule has 0 spiro atoms. The first-order chi connectivity index (χ1) is 2.77. The van der Waals surface area contributed by atoms with E-state index in [0.29, 0.717) is 0 Å². The first kappa shape index (κ1) is 37.1. The van der Waals surface area contributed by atoms with E-state index in [9.17, 15) is 5.21 Å². The van der Waals surface area contributed by atoms with E-state index in [2.05, 4.69) is 10.4 Å². The third-order valence-corrected chi connectivity index (χ3v) is 0.278. The first-order valence-corrected chi connectivity index (χ1v) is 1.80. The van der Waals surface area contributed by atoms with E-state index in [0.717, 1.165) is 0 Å². The molecule has 0 atom stereocenters. The van der Waals surface area contributed by atoms with Crippen molar-refractivity contribution in [2.75, 3.05) is 0 Å². The zero-order valence-corrected chi connectivity index (χ0v) is 20.6. The van der Waals surface area contributed by atoms with Gasteiger partial charge in [0.25, 0.3) is 0 Å². The first-order valence-electron chi connectivity index (χ1n) is 1.80. The number of hydrogen-bond acceptors (Lipinski definition) is 3. The quantitative estimate of drug-likeness (QED) is 0.290. The zero-order chi connectivity index (χ0) is 4.99. The van der Waals surface area contributed by atoms with Gasteiger partial charge in [-0.1, -0.05) is 0 Å². The van der Waals surface area contributed by atoms with Crippen LogP contribution in [-0.2, 0) is 105 Å². The fourth-order valence-corrected chi connectivity index (χ4v) is 0.0943. The average molecular weight is 1010 g/mol. The molecule has 0 N–H and O–H groups in total. The summed E-state index contributed by atoms with van der Waals surface area (Å²) in [5.41, 5.74) is 0. The fourth-order valence-electron chi connectivity index (χ4n) is 0.0943. The minimum Gasteiger partial charge on any atom is -0.775 e. The smallest absolute Gasteiger partial charge is 0.0648 e.